The summed E-state index contributed by atoms with van der Waals surface area (Å²) in [5, 5.41) is 17.8. The fourth-order valence-electron chi connectivity index (χ4n) is 1.46. The predicted molar refractivity (Wildman–Crippen MR) is 64.7 cm³/mol. The third-order valence-corrected chi connectivity index (χ3v) is 2.31. The highest BCUT2D eigenvalue weighted by Crippen LogP contribution is 2.31. The zero-order valence-corrected chi connectivity index (χ0v) is 10.4. The van der Waals surface area contributed by atoms with Gasteiger partial charge in [0, 0.05) is 6.07 Å². The summed E-state index contributed by atoms with van der Waals surface area (Å²) < 4.78 is 15.4. The molecule has 0 aliphatic rings. The zero-order chi connectivity index (χ0) is 13.5. The molecule has 0 radical (unpaired) electrons. The minimum Gasteiger partial charge on any atom is -0.497 e. The number of allylic oxidation sites excluding steroid dienone is 1. The normalized spacial score (nSPS) is 8.72. The second-order valence-corrected chi connectivity index (χ2v) is 3.20. The van der Waals surface area contributed by atoms with Crippen molar-refractivity contribution in [3.63, 3.8) is 0 Å². The first-order chi connectivity index (χ1) is 8.71. The maximum absolute atomic E-state index is 8.88. The number of hydrogen-bond donors (Lipinski definition) is 0. The van der Waals surface area contributed by atoms with Crippen molar-refractivity contribution in [2.45, 2.75) is 0 Å². The van der Waals surface area contributed by atoms with Gasteiger partial charge in [-0.25, -0.2) is 0 Å². The molecule has 1 aromatic rings. The van der Waals surface area contributed by atoms with Crippen LogP contribution in [0.5, 0.6) is 11.5 Å². The molecule has 5 nitrogen and oxygen atoms in total. The molecule has 0 heterocycles. The summed E-state index contributed by atoms with van der Waals surface area (Å²) in [6.07, 6.45) is 0. The largest absolute Gasteiger partial charge is 0.497 e. The van der Waals surface area contributed by atoms with Crippen molar-refractivity contribution in [3.8, 4) is 23.6 Å². The molecule has 0 aliphatic carbocycles. The van der Waals surface area contributed by atoms with Gasteiger partial charge in [-0.15, -0.1) is 0 Å². The van der Waals surface area contributed by atoms with E-state index in [0.717, 1.165) is 0 Å². The standard InChI is InChI=1S/C13H12N2O3/c1-16-10-4-5-11(12(6-10)17-2)13(18-3)9(7-14)8-15/h4-6H,1-3H3. The average Bonchev–Trinajstić information content (AvgIpc) is 2.44. The maximum atomic E-state index is 8.88. The molecular weight excluding hydrogens is 232 g/mol. The summed E-state index contributed by atoms with van der Waals surface area (Å²) in [5.41, 5.74) is 0.417. The van der Waals surface area contributed by atoms with Gasteiger partial charge in [-0.3, -0.25) is 0 Å². The first kappa shape index (κ1) is 13.4. The minimum atomic E-state index is -0.110. The first-order valence-electron chi connectivity index (χ1n) is 5.02. The Morgan fingerprint density at radius 3 is 2.17 bits per heavy atom. The zero-order valence-electron chi connectivity index (χ0n) is 10.4. The highest BCUT2D eigenvalue weighted by atomic mass is 16.5. The van der Waals surface area contributed by atoms with E-state index >= 15 is 0 Å². The van der Waals surface area contributed by atoms with E-state index in [-0.39, 0.29) is 11.3 Å². The van der Waals surface area contributed by atoms with Crippen LogP contribution < -0.4 is 9.47 Å². The first-order valence-corrected chi connectivity index (χ1v) is 5.02. The molecule has 0 fully saturated rings. The van der Waals surface area contributed by atoms with Crippen LogP contribution >= 0.6 is 0 Å². The fourth-order valence-corrected chi connectivity index (χ4v) is 1.46. The molecule has 0 atom stereocenters. The second-order valence-electron chi connectivity index (χ2n) is 3.20. The summed E-state index contributed by atoms with van der Waals surface area (Å²) in [5.74, 6) is 1.26. The molecule has 0 spiro atoms. The fraction of sp³-hybridized carbons (Fsp3) is 0.231. The molecule has 0 unspecified atom stereocenters. The van der Waals surface area contributed by atoms with Gasteiger partial charge >= 0.3 is 0 Å². The molecule has 0 aromatic heterocycles. The Balaban J connectivity index is 3.45. The number of benzene rings is 1. The van der Waals surface area contributed by atoms with Gasteiger partial charge in [-0.1, -0.05) is 0 Å². The van der Waals surface area contributed by atoms with E-state index < -0.39 is 0 Å². The molecule has 1 rings (SSSR count). The summed E-state index contributed by atoms with van der Waals surface area (Å²) >= 11 is 0. The molecule has 0 amide bonds. The molecule has 0 bridgehead atoms. The van der Waals surface area contributed by atoms with Crippen LogP contribution in [-0.2, 0) is 4.74 Å². The van der Waals surface area contributed by atoms with Crippen LogP contribution in [0.3, 0.4) is 0 Å². The maximum Gasteiger partial charge on any atom is 0.172 e. The van der Waals surface area contributed by atoms with Gasteiger partial charge in [0.15, 0.2) is 11.3 Å². The SMILES string of the molecule is COC(=C(C#N)C#N)c1ccc(OC)cc1OC. The van der Waals surface area contributed by atoms with Crippen LogP contribution in [-0.4, -0.2) is 21.3 Å². The van der Waals surface area contributed by atoms with Gasteiger partial charge in [0.05, 0.1) is 26.9 Å². The van der Waals surface area contributed by atoms with E-state index in [9.17, 15) is 0 Å². The van der Waals surface area contributed by atoms with Crippen LogP contribution in [0, 0.1) is 22.7 Å². The van der Waals surface area contributed by atoms with E-state index in [4.69, 9.17) is 24.7 Å². The van der Waals surface area contributed by atoms with Crippen molar-refractivity contribution in [1.29, 1.82) is 10.5 Å². The number of nitriles is 2. The van der Waals surface area contributed by atoms with Gasteiger partial charge in [-0.05, 0) is 12.1 Å². The van der Waals surface area contributed by atoms with Gasteiger partial charge in [-0.2, -0.15) is 10.5 Å². The highest BCUT2D eigenvalue weighted by molar-refractivity contribution is 5.74. The lowest BCUT2D eigenvalue weighted by Crippen LogP contribution is -1.97. The Morgan fingerprint density at radius 1 is 1.06 bits per heavy atom. The van der Waals surface area contributed by atoms with Crippen LogP contribution in [0.4, 0.5) is 0 Å². The van der Waals surface area contributed by atoms with Crippen LogP contribution in [0.1, 0.15) is 5.56 Å². The summed E-state index contributed by atoms with van der Waals surface area (Å²) in [6, 6.07) is 8.60. The number of ether oxygens (including phenoxy) is 3. The van der Waals surface area contributed by atoms with Crippen LogP contribution in [0.15, 0.2) is 23.8 Å². The van der Waals surface area contributed by atoms with Crippen molar-refractivity contribution in [2.75, 3.05) is 21.3 Å². The third kappa shape index (κ3) is 2.53. The van der Waals surface area contributed by atoms with E-state index in [1.165, 1.54) is 21.3 Å². The van der Waals surface area contributed by atoms with Gasteiger partial charge in [0.25, 0.3) is 0 Å². The van der Waals surface area contributed by atoms with Crippen molar-refractivity contribution >= 4 is 5.76 Å². The number of methoxy groups -OCH3 is 3. The van der Waals surface area contributed by atoms with Gasteiger partial charge in [0.1, 0.15) is 23.6 Å². The molecular formula is C13H12N2O3. The van der Waals surface area contributed by atoms with Crippen molar-refractivity contribution in [3.05, 3.63) is 29.3 Å². The van der Waals surface area contributed by atoms with Crippen LogP contribution in [0.25, 0.3) is 5.76 Å². The molecule has 0 N–H and O–H groups in total. The summed E-state index contributed by atoms with van der Waals surface area (Å²) in [7, 11) is 4.43. The van der Waals surface area contributed by atoms with Crippen molar-refractivity contribution in [2.24, 2.45) is 0 Å². The third-order valence-electron chi connectivity index (χ3n) is 2.31. The minimum absolute atomic E-state index is 0.110. The molecule has 5 heteroatoms. The molecule has 0 saturated heterocycles. The predicted octanol–water partition coefficient (Wildman–Crippen LogP) is 2.11. The quantitative estimate of drug-likeness (QED) is 0.599. The lowest BCUT2D eigenvalue weighted by Gasteiger charge is -2.12. The van der Waals surface area contributed by atoms with Gasteiger partial charge in [0.2, 0.25) is 0 Å². The Labute approximate surface area is 105 Å². The van der Waals surface area contributed by atoms with E-state index in [1.807, 2.05) is 0 Å². The Hall–Kier alpha value is -2.66. The molecule has 18 heavy (non-hydrogen) atoms. The Kier molecular flexibility index (Phi) is 4.59. The molecule has 1 aromatic carbocycles. The second kappa shape index (κ2) is 6.17. The lowest BCUT2D eigenvalue weighted by atomic mass is 10.1. The topological polar surface area (TPSA) is 75.3 Å². The molecule has 0 saturated carbocycles. The smallest absolute Gasteiger partial charge is 0.172 e. The Morgan fingerprint density at radius 2 is 1.72 bits per heavy atom. The van der Waals surface area contributed by atoms with Crippen molar-refractivity contribution < 1.29 is 14.2 Å². The Bertz CT molecular complexity index is 534. The van der Waals surface area contributed by atoms with Crippen molar-refractivity contribution in [1.82, 2.24) is 0 Å². The monoisotopic (exact) mass is 244 g/mol. The summed E-state index contributed by atoms with van der Waals surface area (Å²) in [6.45, 7) is 0. The number of hydrogen-bond acceptors (Lipinski definition) is 5. The molecule has 92 valence electrons. The van der Waals surface area contributed by atoms with E-state index in [2.05, 4.69) is 0 Å². The average molecular weight is 244 g/mol. The molecule has 0 aliphatic heterocycles. The van der Waals surface area contributed by atoms with E-state index in [1.54, 1.807) is 30.3 Å². The van der Waals surface area contributed by atoms with E-state index in [0.29, 0.717) is 17.1 Å². The summed E-state index contributed by atoms with van der Waals surface area (Å²) in [4.78, 5) is 0. The van der Waals surface area contributed by atoms with Gasteiger partial charge < -0.3 is 14.2 Å². The number of rotatable bonds is 4. The lowest BCUT2D eigenvalue weighted by molar-refractivity contribution is 0.359. The van der Waals surface area contributed by atoms with Crippen LogP contribution in [0.2, 0.25) is 0 Å². The number of nitrogens with zero attached hydrogens (tertiary/aromatic N) is 2. The highest BCUT2D eigenvalue weighted by Gasteiger charge is 2.15.